The summed E-state index contributed by atoms with van der Waals surface area (Å²) in [7, 11) is 0. The number of rotatable bonds is 2. The smallest absolute Gasteiger partial charge is 0.267 e. The molecule has 1 N–H and O–H groups in total. The summed E-state index contributed by atoms with van der Waals surface area (Å²) in [6, 6.07) is 1.54. The summed E-state index contributed by atoms with van der Waals surface area (Å²) in [5.41, 5.74) is 16.0. The SMILES string of the molecule is Cc1cc(Cl)c(C)c2c1C(=O)C(N=[N+]=[N-])(N=[N+]=[N-])C(=O)N2. The van der Waals surface area contributed by atoms with Gasteiger partial charge in [-0.3, -0.25) is 9.59 Å². The van der Waals surface area contributed by atoms with Crippen LogP contribution in [0.5, 0.6) is 0 Å². The number of azide groups is 1. The Kier molecular flexibility index (Phi) is 3.49. The van der Waals surface area contributed by atoms with Gasteiger partial charge in [0.25, 0.3) is 11.6 Å². The van der Waals surface area contributed by atoms with Gasteiger partial charge in [0.2, 0.25) is 0 Å². The van der Waals surface area contributed by atoms with E-state index in [-0.39, 0.29) is 11.3 Å². The van der Waals surface area contributed by atoms with Crippen molar-refractivity contribution in [2.45, 2.75) is 19.5 Å². The number of anilines is 1. The van der Waals surface area contributed by atoms with Gasteiger partial charge in [-0.15, -0.1) is 0 Å². The average Bonchev–Trinajstić information content (AvgIpc) is 2.42. The molecule has 0 unspecified atom stereocenters. The van der Waals surface area contributed by atoms with E-state index in [1.54, 1.807) is 19.9 Å². The Bertz CT molecular complexity index is 757. The molecule has 0 atom stereocenters. The van der Waals surface area contributed by atoms with E-state index >= 15 is 0 Å². The van der Waals surface area contributed by atoms with Crippen molar-refractivity contribution in [2.75, 3.05) is 5.32 Å². The molecule has 0 aliphatic carbocycles. The molecule has 0 saturated carbocycles. The van der Waals surface area contributed by atoms with E-state index in [1.165, 1.54) is 0 Å². The van der Waals surface area contributed by atoms with Crippen LogP contribution in [0.2, 0.25) is 5.02 Å². The molecule has 21 heavy (non-hydrogen) atoms. The van der Waals surface area contributed by atoms with Crippen molar-refractivity contribution in [1.82, 2.24) is 0 Å². The largest absolute Gasteiger partial charge is 0.324 e. The van der Waals surface area contributed by atoms with Crippen molar-refractivity contribution < 1.29 is 9.59 Å². The normalized spacial score (nSPS) is 20.0. The van der Waals surface area contributed by atoms with Crippen LogP contribution in [0.1, 0.15) is 21.5 Å². The van der Waals surface area contributed by atoms with Crippen LogP contribution in [-0.2, 0) is 4.79 Å². The first-order valence-electron chi connectivity index (χ1n) is 5.67. The Balaban J connectivity index is 2.85. The lowest BCUT2D eigenvalue weighted by Crippen LogP contribution is -2.50. The van der Waals surface area contributed by atoms with Crippen molar-refractivity contribution in [3.05, 3.63) is 48.7 Å². The second-order valence-corrected chi connectivity index (χ2v) is 4.79. The molecule has 0 spiro atoms. The molecule has 1 aromatic carbocycles. The highest BCUT2D eigenvalue weighted by atomic mass is 35.5. The third-order valence-corrected chi connectivity index (χ3v) is 3.59. The van der Waals surface area contributed by atoms with Gasteiger partial charge in [0.05, 0.1) is 5.69 Å². The van der Waals surface area contributed by atoms with Gasteiger partial charge in [0, 0.05) is 20.4 Å². The highest BCUT2D eigenvalue weighted by Crippen LogP contribution is 2.38. The number of amides is 1. The van der Waals surface area contributed by atoms with E-state index in [0.717, 1.165) is 0 Å². The maximum absolute atomic E-state index is 12.6. The average molecular weight is 306 g/mol. The van der Waals surface area contributed by atoms with Crippen LogP contribution in [0, 0.1) is 13.8 Å². The monoisotopic (exact) mass is 305 g/mol. The lowest BCUT2D eigenvalue weighted by atomic mass is 9.88. The molecule has 0 bridgehead atoms. The summed E-state index contributed by atoms with van der Waals surface area (Å²) in [4.78, 5) is 29.6. The lowest BCUT2D eigenvalue weighted by molar-refractivity contribution is -0.119. The van der Waals surface area contributed by atoms with Crippen molar-refractivity contribution in [3.8, 4) is 0 Å². The Labute approximate surface area is 123 Å². The Hall–Kier alpha value is -2.73. The standard InChI is InChI=1S/C11H8ClN7O2/c1-4-3-6(12)5(2)8-7(4)9(20)11(16-18-13,17-19-14)10(21)15-8/h3H,1-2H3,(H,15,21). The van der Waals surface area contributed by atoms with Gasteiger partial charge in [0.15, 0.2) is 5.78 Å². The maximum Gasteiger partial charge on any atom is 0.267 e. The van der Waals surface area contributed by atoms with Crippen LogP contribution in [0.4, 0.5) is 5.69 Å². The Morgan fingerprint density at radius 1 is 1.24 bits per heavy atom. The van der Waals surface area contributed by atoms with Gasteiger partial charge >= 0.3 is 0 Å². The number of hydrogen-bond acceptors (Lipinski definition) is 4. The fourth-order valence-corrected chi connectivity index (χ4v) is 2.39. The highest BCUT2D eigenvalue weighted by Gasteiger charge is 2.50. The number of hydrogen-bond donors (Lipinski definition) is 1. The van der Waals surface area contributed by atoms with Crippen LogP contribution in [-0.4, -0.2) is 17.4 Å². The molecule has 1 aliphatic heterocycles. The number of nitrogens with zero attached hydrogens (tertiary/aromatic N) is 6. The van der Waals surface area contributed by atoms with E-state index < -0.39 is 17.4 Å². The van der Waals surface area contributed by atoms with Crippen molar-refractivity contribution in [3.63, 3.8) is 0 Å². The van der Waals surface area contributed by atoms with Crippen LogP contribution in [0.25, 0.3) is 20.9 Å². The number of carbonyl (C=O) groups excluding carboxylic acids is 2. The molecule has 0 aromatic heterocycles. The summed E-state index contributed by atoms with van der Waals surface area (Å²) in [5.74, 6) is -1.89. The molecule has 10 heteroatoms. The summed E-state index contributed by atoms with van der Waals surface area (Å²) >= 11 is 6.01. The number of carbonyl (C=O) groups is 2. The number of halogens is 1. The number of nitrogens with one attached hydrogen (secondary N) is 1. The topological polar surface area (TPSA) is 144 Å². The number of benzene rings is 1. The van der Waals surface area contributed by atoms with Gasteiger partial charge < -0.3 is 5.32 Å². The molecule has 1 amide bonds. The minimum Gasteiger partial charge on any atom is -0.324 e. The van der Waals surface area contributed by atoms with Gasteiger partial charge in [-0.2, -0.15) is 0 Å². The summed E-state index contributed by atoms with van der Waals surface area (Å²) in [6.07, 6.45) is 0. The predicted molar refractivity (Wildman–Crippen MR) is 74.9 cm³/mol. The molecule has 0 saturated heterocycles. The first-order valence-corrected chi connectivity index (χ1v) is 6.05. The van der Waals surface area contributed by atoms with Gasteiger partial charge in [0.1, 0.15) is 0 Å². The second kappa shape index (κ2) is 4.99. The van der Waals surface area contributed by atoms with Crippen molar-refractivity contribution in [2.24, 2.45) is 10.2 Å². The Morgan fingerprint density at radius 2 is 1.81 bits per heavy atom. The van der Waals surface area contributed by atoms with Gasteiger partial charge in [-0.05, 0) is 42.1 Å². The number of fused-ring (bicyclic) bond motifs is 1. The minimum atomic E-state index is -2.50. The van der Waals surface area contributed by atoms with E-state index in [1.807, 2.05) is 0 Å². The summed E-state index contributed by atoms with van der Waals surface area (Å²) < 4.78 is 0. The minimum absolute atomic E-state index is 0.108. The fourth-order valence-electron chi connectivity index (χ4n) is 2.13. The fraction of sp³-hybridized carbons (Fsp3) is 0.273. The first kappa shape index (κ1) is 14.7. The number of Topliss-reactive ketones (excluding diaryl/α,β-unsaturated/α-hetero) is 1. The molecule has 1 heterocycles. The van der Waals surface area contributed by atoms with Crippen LogP contribution < -0.4 is 5.32 Å². The molecular formula is C11H8ClN7O2. The quantitative estimate of drug-likeness (QED) is 0.386. The number of aryl methyl sites for hydroxylation is 1. The van der Waals surface area contributed by atoms with Crippen LogP contribution >= 0.6 is 11.6 Å². The van der Waals surface area contributed by atoms with Crippen LogP contribution in [0.3, 0.4) is 0 Å². The predicted octanol–water partition coefficient (Wildman–Crippen LogP) is 3.41. The molecular weight excluding hydrogens is 298 g/mol. The molecule has 2 rings (SSSR count). The molecule has 0 fully saturated rings. The van der Waals surface area contributed by atoms with Gasteiger partial charge in [-0.1, -0.05) is 21.8 Å². The maximum atomic E-state index is 12.6. The van der Waals surface area contributed by atoms with Crippen LogP contribution in [0.15, 0.2) is 16.3 Å². The molecule has 1 aliphatic rings. The van der Waals surface area contributed by atoms with E-state index in [9.17, 15) is 9.59 Å². The molecule has 1 aromatic rings. The molecule has 0 radical (unpaired) electrons. The lowest BCUT2D eigenvalue weighted by Gasteiger charge is -2.30. The Morgan fingerprint density at radius 3 is 2.33 bits per heavy atom. The molecule has 9 nitrogen and oxygen atoms in total. The highest BCUT2D eigenvalue weighted by molar-refractivity contribution is 6.34. The van der Waals surface area contributed by atoms with Gasteiger partial charge in [-0.25, -0.2) is 0 Å². The zero-order valence-electron chi connectivity index (χ0n) is 11.0. The summed E-state index contributed by atoms with van der Waals surface area (Å²) in [5, 5.41) is 9.05. The zero-order valence-corrected chi connectivity index (χ0v) is 11.7. The van der Waals surface area contributed by atoms with Crippen molar-refractivity contribution in [1.29, 1.82) is 0 Å². The zero-order chi connectivity index (χ0) is 15.8. The van der Waals surface area contributed by atoms with E-state index in [4.69, 9.17) is 22.7 Å². The molecule has 106 valence electrons. The number of ketones is 1. The second-order valence-electron chi connectivity index (χ2n) is 4.38. The summed E-state index contributed by atoms with van der Waals surface area (Å²) in [6.45, 7) is 3.23. The third-order valence-electron chi connectivity index (χ3n) is 3.20. The van der Waals surface area contributed by atoms with E-state index in [0.29, 0.717) is 16.1 Å². The third kappa shape index (κ3) is 1.96. The first-order chi connectivity index (χ1) is 9.89. The van der Waals surface area contributed by atoms with E-state index in [2.05, 4.69) is 25.4 Å². The van der Waals surface area contributed by atoms with Crippen molar-refractivity contribution >= 4 is 29.0 Å².